The minimum Gasteiger partial charge on any atom is -0.479 e. The van der Waals surface area contributed by atoms with Gasteiger partial charge in [-0.3, -0.25) is 14.6 Å². The van der Waals surface area contributed by atoms with E-state index in [2.05, 4.69) is 4.98 Å². The van der Waals surface area contributed by atoms with Crippen molar-refractivity contribution in [2.24, 2.45) is 0 Å². The average molecular weight is 313 g/mol. The van der Waals surface area contributed by atoms with E-state index in [9.17, 15) is 9.59 Å². The summed E-state index contributed by atoms with van der Waals surface area (Å²) < 4.78 is 5.19. The lowest BCUT2D eigenvalue weighted by Crippen LogP contribution is -2.45. The second-order valence-corrected chi connectivity index (χ2v) is 5.65. The van der Waals surface area contributed by atoms with Gasteiger partial charge in [0.15, 0.2) is 11.2 Å². The summed E-state index contributed by atoms with van der Waals surface area (Å²) in [6.45, 7) is 6.02. The minimum atomic E-state index is -0.938. The van der Waals surface area contributed by atoms with Crippen LogP contribution in [0.15, 0.2) is 5.38 Å². The summed E-state index contributed by atoms with van der Waals surface area (Å²) in [5.41, 5.74) is 0.848. The summed E-state index contributed by atoms with van der Waals surface area (Å²) >= 11 is 1.43. The summed E-state index contributed by atoms with van der Waals surface area (Å²) in [6, 6.07) is 0. The highest BCUT2D eigenvalue weighted by molar-refractivity contribution is 7.14. The molecule has 0 saturated carbocycles. The van der Waals surface area contributed by atoms with Gasteiger partial charge in [0.1, 0.15) is 0 Å². The van der Waals surface area contributed by atoms with Crippen molar-refractivity contribution < 1.29 is 19.4 Å². The highest BCUT2D eigenvalue weighted by Gasteiger charge is 2.26. The van der Waals surface area contributed by atoms with E-state index < -0.39 is 12.1 Å². The molecule has 1 aliphatic rings. The molecular weight excluding hydrogens is 294 g/mol. The largest absolute Gasteiger partial charge is 0.479 e. The number of amides is 1. The topological polar surface area (TPSA) is 83.0 Å². The highest BCUT2D eigenvalue weighted by Crippen LogP contribution is 2.22. The van der Waals surface area contributed by atoms with Crippen molar-refractivity contribution in [1.29, 1.82) is 0 Å². The predicted molar refractivity (Wildman–Crippen MR) is 78.5 cm³/mol. The molecule has 1 unspecified atom stereocenters. The number of ether oxygens (including phenoxy) is 1. The van der Waals surface area contributed by atoms with Crippen molar-refractivity contribution in [1.82, 2.24) is 9.88 Å². The number of carboxylic acids is 1. The lowest BCUT2D eigenvalue weighted by atomic mass is 10.2. The number of aliphatic carboxylic acids is 1. The summed E-state index contributed by atoms with van der Waals surface area (Å²) in [5, 5.41) is 11.6. The Morgan fingerprint density at radius 3 is 3.00 bits per heavy atom. The number of rotatable bonds is 5. The standard InChI is InChI=1S/C13H19N3O4S/c1-3-16(9(2)17)13-14-10(8-21-13)6-15-4-5-20-11(7-15)12(18)19/h8,11H,3-7H2,1-2H3,(H,18,19). The molecule has 1 N–H and O–H groups in total. The monoisotopic (exact) mass is 313 g/mol. The molecule has 0 radical (unpaired) electrons. The molecule has 7 nitrogen and oxygen atoms in total. The van der Waals surface area contributed by atoms with Gasteiger partial charge in [-0.05, 0) is 6.92 Å². The van der Waals surface area contributed by atoms with Gasteiger partial charge >= 0.3 is 5.97 Å². The van der Waals surface area contributed by atoms with Crippen LogP contribution in [0.5, 0.6) is 0 Å². The first kappa shape index (κ1) is 15.9. The first-order valence-electron chi connectivity index (χ1n) is 6.80. The van der Waals surface area contributed by atoms with Crippen LogP contribution in [-0.2, 0) is 20.9 Å². The van der Waals surface area contributed by atoms with Crippen LogP contribution in [0.1, 0.15) is 19.5 Å². The van der Waals surface area contributed by atoms with Crippen molar-refractivity contribution in [2.45, 2.75) is 26.5 Å². The van der Waals surface area contributed by atoms with Crippen LogP contribution in [-0.4, -0.2) is 59.2 Å². The van der Waals surface area contributed by atoms with E-state index >= 15 is 0 Å². The summed E-state index contributed by atoms with van der Waals surface area (Å²) in [6.07, 6.45) is -0.777. The molecule has 1 saturated heterocycles. The third-order valence-corrected chi connectivity index (χ3v) is 4.19. The van der Waals surface area contributed by atoms with Gasteiger partial charge in [0.2, 0.25) is 5.91 Å². The predicted octanol–water partition coefficient (Wildman–Crippen LogP) is 0.801. The third-order valence-electron chi connectivity index (χ3n) is 3.28. The number of carbonyl (C=O) groups is 2. The van der Waals surface area contributed by atoms with E-state index in [0.717, 1.165) is 5.69 Å². The maximum atomic E-state index is 11.5. The number of hydrogen-bond donors (Lipinski definition) is 1. The van der Waals surface area contributed by atoms with Crippen LogP contribution in [0, 0.1) is 0 Å². The van der Waals surface area contributed by atoms with Crippen LogP contribution in [0.2, 0.25) is 0 Å². The van der Waals surface area contributed by atoms with Gasteiger partial charge < -0.3 is 9.84 Å². The molecule has 8 heteroatoms. The molecule has 2 rings (SSSR count). The van der Waals surface area contributed by atoms with Gasteiger partial charge in [0.05, 0.1) is 12.3 Å². The third kappa shape index (κ3) is 3.99. The lowest BCUT2D eigenvalue weighted by Gasteiger charge is -2.30. The molecule has 1 fully saturated rings. The second kappa shape index (κ2) is 6.97. The van der Waals surface area contributed by atoms with Crippen LogP contribution < -0.4 is 4.90 Å². The molecule has 1 atom stereocenters. The van der Waals surface area contributed by atoms with Gasteiger partial charge in [-0.15, -0.1) is 11.3 Å². The number of morpholine rings is 1. The number of carbonyl (C=O) groups excluding carboxylic acids is 1. The Hall–Kier alpha value is -1.51. The Bertz CT molecular complexity index is 519. The summed E-state index contributed by atoms with van der Waals surface area (Å²) in [5.74, 6) is -0.969. The zero-order valence-electron chi connectivity index (χ0n) is 12.1. The van der Waals surface area contributed by atoms with Gasteiger partial charge in [-0.25, -0.2) is 9.78 Å². The first-order chi connectivity index (χ1) is 10.0. The van der Waals surface area contributed by atoms with Gasteiger partial charge in [-0.2, -0.15) is 0 Å². The van der Waals surface area contributed by atoms with Crippen molar-refractivity contribution in [3.05, 3.63) is 11.1 Å². The molecule has 1 aromatic rings. The van der Waals surface area contributed by atoms with E-state index in [1.807, 2.05) is 17.2 Å². The molecule has 0 aliphatic carbocycles. The number of carboxylic acid groups (broad SMARTS) is 1. The molecule has 0 bridgehead atoms. The van der Waals surface area contributed by atoms with Crippen LogP contribution in [0.3, 0.4) is 0 Å². The van der Waals surface area contributed by atoms with Gasteiger partial charge in [0.25, 0.3) is 0 Å². The zero-order valence-corrected chi connectivity index (χ0v) is 12.9. The Morgan fingerprint density at radius 2 is 2.38 bits per heavy atom. The number of aromatic nitrogens is 1. The van der Waals surface area contributed by atoms with E-state index in [-0.39, 0.29) is 5.91 Å². The van der Waals surface area contributed by atoms with Gasteiger partial charge in [-0.1, -0.05) is 0 Å². The SMILES string of the molecule is CCN(C(C)=O)c1nc(CN2CCOC(C(=O)O)C2)cs1. The second-order valence-electron chi connectivity index (χ2n) is 4.82. The normalized spacial score (nSPS) is 19.4. The zero-order chi connectivity index (χ0) is 15.4. The summed E-state index contributed by atoms with van der Waals surface area (Å²) in [7, 11) is 0. The highest BCUT2D eigenvalue weighted by atomic mass is 32.1. The number of nitrogens with zero attached hydrogens (tertiary/aromatic N) is 3. The molecule has 2 heterocycles. The molecule has 21 heavy (non-hydrogen) atoms. The number of anilines is 1. The number of hydrogen-bond acceptors (Lipinski definition) is 6. The molecule has 1 aromatic heterocycles. The van der Waals surface area contributed by atoms with Crippen LogP contribution in [0.25, 0.3) is 0 Å². The quantitative estimate of drug-likeness (QED) is 0.866. The molecule has 0 spiro atoms. The maximum absolute atomic E-state index is 11.5. The van der Waals surface area contributed by atoms with E-state index in [4.69, 9.17) is 9.84 Å². The minimum absolute atomic E-state index is 0.0317. The summed E-state index contributed by atoms with van der Waals surface area (Å²) in [4.78, 5) is 30.5. The Kier molecular flexibility index (Phi) is 5.27. The van der Waals surface area contributed by atoms with E-state index in [1.54, 1.807) is 4.90 Å². The first-order valence-corrected chi connectivity index (χ1v) is 7.68. The molecular formula is C13H19N3O4S. The fourth-order valence-corrected chi connectivity index (χ4v) is 3.13. The Balaban J connectivity index is 1.99. The molecule has 116 valence electrons. The van der Waals surface area contributed by atoms with Crippen molar-refractivity contribution in [3.63, 3.8) is 0 Å². The molecule has 0 aromatic carbocycles. The van der Waals surface area contributed by atoms with Crippen molar-refractivity contribution in [3.8, 4) is 0 Å². The van der Waals surface area contributed by atoms with Gasteiger partial charge in [0, 0.05) is 38.5 Å². The van der Waals surface area contributed by atoms with E-state index in [0.29, 0.717) is 37.9 Å². The van der Waals surface area contributed by atoms with Crippen molar-refractivity contribution in [2.75, 3.05) is 31.1 Å². The van der Waals surface area contributed by atoms with E-state index in [1.165, 1.54) is 18.3 Å². The smallest absolute Gasteiger partial charge is 0.334 e. The lowest BCUT2D eigenvalue weighted by molar-refractivity contribution is -0.156. The maximum Gasteiger partial charge on any atom is 0.334 e. The number of thiazole rings is 1. The fraction of sp³-hybridized carbons (Fsp3) is 0.615. The molecule has 1 amide bonds. The van der Waals surface area contributed by atoms with Crippen LogP contribution >= 0.6 is 11.3 Å². The van der Waals surface area contributed by atoms with Crippen molar-refractivity contribution >= 4 is 28.3 Å². The Morgan fingerprint density at radius 1 is 1.62 bits per heavy atom. The van der Waals surface area contributed by atoms with Crippen LogP contribution in [0.4, 0.5) is 5.13 Å². The molecule has 1 aliphatic heterocycles. The Labute approximate surface area is 127 Å². The average Bonchev–Trinajstić information content (AvgIpc) is 2.87. The fourth-order valence-electron chi connectivity index (χ4n) is 2.21.